The van der Waals surface area contributed by atoms with Crippen LogP contribution in [0.1, 0.15) is 17.5 Å². The van der Waals surface area contributed by atoms with Gasteiger partial charge in [-0.1, -0.05) is 6.07 Å². The second-order valence-corrected chi connectivity index (χ2v) is 3.64. The molecule has 2 N–H and O–H groups in total. The molecule has 14 heavy (non-hydrogen) atoms. The van der Waals surface area contributed by atoms with Crippen LogP contribution in [0.15, 0.2) is 18.2 Å². The van der Waals surface area contributed by atoms with Crippen molar-refractivity contribution in [2.75, 3.05) is 7.11 Å². The SMILES string of the molecule is COc1ccc2c(c1)CC[C@@H](N)C2.Cl. The Labute approximate surface area is 90.9 Å². The highest BCUT2D eigenvalue weighted by Crippen LogP contribution is 2.24. The van der Waals surface area contributed by atoms with Crippen LogP contribution >= 0.6 is 12.4 Å². The molecule has 0 unspecified atom stereocenters. The van der Waals surface area contributed by atoms with Crippen molar-refractivity contribution in [3.05, 3.63) is 29.3 Å². The number of fused-ring (bicyclic) bond motifs is 1. The van der Waals surface area contributed by atoms with E-state index in [2.05, 4.69) is 12.1 Å². The molecular formula is C11H16ClNO. The molecule has 3 heteroatoms. The highest BCUT2D eigenvalue weighted by Gasteiger charge is 2.15. The second kappa shape index (κ2) is 4.67. The monoisotopic (exact) mass is 213 g/mol. The van der Waals surface area contributed by atoms with Crippen molar-refractivity contribution in [2.45, 2.75) is 25.3 Å². The Balaban J connectivity index is 0.000000980. The lowest BCUT2D eigenvalue weighted by Gasteiger charge is -2.21. The number of hydrogen-bond donors (Lipinski definition) is 1. The van der Waals surface area contributed by atoms with Crippen LogP contribution in [0.5, 0.6) is 5.75 Å². The van der Waals surface area contributed by atoms with Gasteiger partial charge in [0.25, 0.3) is 0 Å². The highest BCUT2D eigenvalue weighted by molar-refractivity contribution is 5.85. The largest absolute Gasteiger partial charge is 0.497 e. The summed E-state index contributed by atoms with van der Waals surface area (Å²) in [6, 6.07) is 6.62. The number of ether oxygens (including phenoxy) is 1. The maximum absolute atomic E-state index is 5.89. The predicted octanol–water partition coefficient (Wildman–Crippen LogP) is 1.93. The fourth-order valence-electron chi connectivity index (χ4n) is 1.89. The van der Waals surface area contributed by atoms with Crippen molar-refractivity contribution >= 4 is 12.4 Å². The summed E-state index contributed by atoms with van der Waals surface area (Å²) < 4.78 is 5.18. The third kappa shape index (κ3) is 2.20. The van der Waals surface area contributed by atoms with Crippen molar-refractivity contribution in [1.82, 2.24) is 0 Å². The van der Waals surface area contributed by atoms with Gasteiger partial charge in [-0.2, -0.15) is 0 Å². The van der Waals surface area contributed by atoms with Crippen LogP contribution in [0, 0.1) is 0 Å². The molecule has 1 aliphatic carbocycles. The first kappa shape index (κ1) is 11.3. The van der Waals surface area contributed by atoms with Crippen molar-refractivity contribution in [2.24, 2.45) is 5.73 Å². The van der Waals surface area contributed by atoms with Crippen LogP contribution in [0.25, 0.3) is 0 Å². The maximum atomic E-state index is 5.89. The molecule has 1 aliphatic rings. The van der Waals surface area contributed by atoms with Gasteiger partial charge in [0.2, 0.25) is 0 Å². The standard InChI is InChI=1S/C11H15NO.ClH/c1-13-11-5-3-8-6-10(12)4-2-9(8)7-11;/h3,5,7,10H,2,4,6,12H2,1H3;1H/t10-;/m1./s1. The molecule has 1 aromatic rings. The second-order valence-electron chi connectivity index (χ2n) is 3.64. The van der Waals surface area contributed by atoms with Crippen molar-refractivity contribution in [1.29, 1.82) is 0 Å². The van der Waals surface area contributed by atoms with E-state index in [1.165, 1.54) is 11.1 Å². The Morgan fingerprint density at radius 3 is 2.86 bits per heavy atom. The van der Waals surface area contributed by atoms with Crippen LogP contribution in [0.4, 0.5) is 0 Å². The van der Waals surface area contributed by atoms with Crippen LogP contribution < -0.4 is 10.5 Å². The first-order valence-electron chi connectivity index (χ1n) is 4.71. The summed E-state index contributed by atoms with van der Waals surface area (Å²) in [4.78, 5) is 0. The van der Waals surface area contributed by atoms with E-state index in [1.807, 2.05) is 6.07 Å². The average molecular weight is 214 g/mol. The van der Waals surface area contributed by atoms with E-state index in [-0.39, 0.29) is 12.4 Å². The van der Waals surface area contributed by atoms with Crippen molar-refractivity contribution in [3.8, 4) is 5.75 Å². The molecule has 0 heterocycles. The van der Waals surface area contributed by atoms with E-state index in [4.69, 9.17) is 10.5 Å². The lowest BCUT2D eigenvalue weighted by Crippen LogP contribution is -2.27. The molecule has 2 nitrogen and oxygen atoms in total. The van der Waals surface area contributed by atoms with Gasteiger partial charge in [0.05, 0.1) is 7.11 Å². The smallest absolute Gasteiger partial charge is 0.119 e. The zero-order valence-corrected chi connectivity index (χ0v) is 9.14. The lowest BCUT2D eigenvalue weighted by molar-refractivity contribution is 0.413. The van der Waals surface area contributed by atoms with Crippen LogP contribution in [-0.2, 0) is 12.8 Å². The summed E-state index contributed by atoms with van der Waals surface area (Å²) in [7, 11) is 1.70. The molecule has 0 aliphatic heterocycles. The molecule has 1 aromatic carbocycles. The van der Waals surface area contributed by atoms with E-state index in [1.54, 1.807) is 7.11 Å². The summed E-state index contributed by atoms with van der Waals surface area (Å²) in [5.74, 6) is 0.953. The van der Waals surface area contributed by atoms with Gasteiger partial charge in [-0.25, -0.2) is 0 Å². The predicted molar refractivity (Wildman–Crippen MR) is 60.2 cm³/mol. The maximum Gasteiger partial charge on any atom is 0.119 e. The summed E-state index contributed by atoms with van der Waals surface area (Å²) in [6.45, 7) is 0. The zero-order chi connectivity index (χ0) is 9.26. The minimum Gasteiger partial charge on any atom is -0.497 e. The third-order valence-corrected chi connectivity index (χ3v) is 2.68. The number of nitrogens with two attached hydrogens (primary N) is 1. The molecule has 0 spiro atoms. The number of benzene rings is 1. The topological polar surface area (TPSA) is 35.2 Å². The van der Waals surface area contributed by atoms with E-state index in [0.29, 0.717) is 6.04 Å². The number of aryl methyl sites for hydroxylation is 1. The molecular weight excluding hydrogens is 198 g/mol. The number of methoxy groups -OCH3 is 1. The Hall–Kier alpha value is -0.730. The summed E-state index contributed by atoms with van der Waals surface area (Å²) in [5.41, 5.74) is 8.68. The fourth-order valence-corrected chi connectivity index (χ4v) is 1.89. The fraction of sp³-hybridized carbons (Fsp3) is 0.455. The number of halogens is 1. The Bertz CT molecular complexity index is 314. The Morgan fingerprint density at radius 2 is 2.14 bits per heavy atom. The van der Waals surface area contributed by atoms with Crippen LogP contribution in [0.3, 0.4) is 0 Å². The van der Waals surface area contributed by atoms with Gasteiger partial charge in [-0.05, 0) is 42.5 Å². The van der Waals surface area contributed by atoms with E-state index in [0.717, 1.165) is 25.0 Å². The van der Waals surface area contributed by atoms with Gasteiger partial charge in [0.15, 0.2) is 0 Å². The summed E-state index contributed by atoms with van der Waals surface area (Å²) in [5, 5.41) is 0. The summed E-state index contributed by atoms with van der Waals surface area (Å²) >= 11 is 0. The molecule has 0 aromatic heterocycles. The highest BCUT2D eigenvalue weighted by atomic mass is 35.5. The van der Waals surface area contributed by atoms with E-state index in [9.17, 15) is 0 Å². The minimum atomic E-state index is 0. The van der Waals surface area contributed by atoms with E-state index >= 15 is 0 Å². The van der Waals surface area contributed by atoms with Gasteiger partial charge in [-0.15, -0.1) is 12.4 Å². The van der Waals surface area contributed by atoms with Gasteiger partial charge in [0.1, 0.15) is 5.75 Å². The Kier molecular flexibility index (Phi) is 3.78. The molecule has 1 atom stereocenters. The molecule has 0 saturated carbocycles. The summed E-state index contributed by atoms with van der Waals surface area (Å²) in [6.07, 6.45) is 3.20. The lowest BCUT2D eigenvalue weighted by atomic mass is 9.89. The van der Waals surface area contributed by atoms with Crippen LogP contribution in [0.2, 0.25) is 0 Å². The van der Waals surface area contributed by atoms with Gasteiger partial charge < -0.3 is 10.5 Å². The molecule has 0 fully saturated rings. The molecule has 0 amide bonds. The van der Waals surface area contributed by atoms with Gasteiger partial charge in [-0.3, -0.25) is 0 Å². The molecule has 0 bridgehead atoms. The normalized spacial score (nSPS) is 19.4. The Morgan fingerprint density at radius 1 is 1.36 bits per heavy atom. The van der Waals surface area contributed by atoms with Crippen LogP contribution in [-0.4, -0.2) is 13.2 Å². The quantitative estimate of drug-likeness (QED) is 0.774. The zero-order valence-electron chi connectivity index (χ0n) is 8.32. The molecule has 2 rings (SSSR count). The minimum absolute atomic E-state index is 0. The molecule has 0 radical (unpaired) electrons. The van der Waals surface area contributed by atoms with E-state index < -0.39 is 0 Å². The van der Waals surface area contributed by atoms with Crippen molar-refractivity contribution in [3.63, 3.8) is 0 Å². The van der Waals surface area contributed by atoms with Gasteiger partial charge in [0, 0.05) is 6.04 Å². The molecule has 0 saturated heterocycles. The third-order valence-electron chi connectivity index (χ3n) is 2.68. The van der Waals surface area contributed by atoms with Crippen molar-refractivity contribution < 1.29 is 4.74 Å². The van der Waals surface area contributed by atoms with Gasteiger partial charge >= 0.3 is 0 Å². The average Bonchev–Trinajstić information content (AvgIpc) is 2.17. The first-order valence-corrected chi connectivity index (χ1v) is 4.71. The first-order chi connectivity index (χ1) is 6.29. The number of rotatable bonds is 1. The molecule has 78 valence electrons. The number of hydrogen-bond acceptors (Lipinski definition) is 2.